The molecular weight excluding hydrogens is 432 g/mol. The van der Waals surface area contributed by atoms with Gasteiger partial charge in [0.2, 0.25) is 11.8 Å². The number of hydrazine groups is 1. The second kappa shape index (κ2) is 9.21. The maximum absolute atomic E-state index is 13.2. The van der Waals surface area contributed by atoms with E-state index in [2.05, 4.69) is 10.3 Å². The molecule has 2 aromatic rings. The van der Waals surface area contributed by atoms with Crippen molar-refractivity contribution >= 4 is 29.1 Å². The molecule has 2 unspecified atom stereocenters. The molecule has 0 radical (unpaired) electrons. The highest BCUT2D eigenvalue weighted by molar-refractivity contribution is 6.05. The molecule has 34 heavy (non-hydrogen) atoms. The number of benzene rings is 2. The number of carbonyl (C=O) groups is 3. The van der Waals surface area contributed by atoms with Gasteiger partial charge in [-0.3, -0.25) is 19.8 Å². The fourth-order valence-electron chi connectivity index (χ4n) is 4.92. The van der Waals surface area contributed by atoms with Crippen molar-refractivity contribution in [1.82, 2.24) is 10.3 Å². The molecule has 2 fully saturated rings. The first-order chi connectivity index (χ1) is 16.5. The van der Waals surface area contributed by atoms with Crippen LogP contribution in [0.2, 0.25) is 0 Å². The molecule has 2 atom stereocenters. The molecule has 2 heterocycles. The molecule has 176 valence electrons. The number of methoxy groups -OCH3 is 1. The molecule has 2 aromatic carbocycles. The zero-order valence-corrected chi connectivity index (χ0v) is 19.1. The van der Waals surface area contributed by atoms with Crippen LogP contribution in [0.15, 0.2) is 60.7 Å². The van der Waals surface area contributed by atoms with Crippen LogP contribution in [-0.2, 0) is 9.59 Å². The van der Waals surface area contributed by atoms with E-state index in [4.69, 9.17) is 4.74 Å². The maximum atomic E-state index is 13.2. The summed E-state index contributed by atoms with van der Waals surface area (Å²) in [4.78, 5) is 43.0. The number of rotatable bonds is 4. The summed E-state index contributed by atoms with van der Waals surface area (Å²) in [5, 5.41) is 1.31. The predicted molar refractivity (Wildman–Crippen MR) is 129 cm³/mol. The summed E-state index contributed by atoms with van der Waals surface area (Å²) in [6.45, 7) is 2.62. The summed E-state index contributed by atoms with van der Waals surface area (Å²) in [6, 6.07) is 14.9. The van der Waals surface area contributed by atoms with Crippen molar-refractivity contribution < 1.29 is 19.1 Å². The summed E-state index contributed by atoms with van der Waals surface area (Å²) < 4.78 is 5.32. The molecule has 5 rings (SSSR count). The minimum Gasteiger partial charge on any atom is -0.497 e. The highest BCUT2D eigenvalue weighted by Gasteiger charge is 2.42. The topological polar surface area (TPSA) is 82.2 Å². The van der Waals surface area contributed by atoms with E-state index in [1.165, 1.54) is 5.01 Å². The minimum absolute atomic E-state index is 0.0820. The SMILES string of the molecule is COc1cccc(N2CCN(C(=O)c3cccc(N4NC(=O)C5CC=CCC5C4=O)c3)CC2)c1. The molecule has 0 saturated carbocycles. The number of piperazine rings is 1. The van der Waals surface area contributed by atoms with Crippen LogP contribution in [0.5, 0.6) is 5.75 Å². The normalized spacial score (nSPS) is 22.3. The van der Waals surface area contributed by atoms with Gasteiger partial charge in [0.15, 0.2) is 0 Å². The van der Waals surface area contributed by atoms with Gasteiger partial charge in [-0.25, -0.2) is 5.01 Å². The first-order valence-corrected chi connectivity index (χ1v) is 11.6. The Kier molecular flexibility index (Phi) is 5.96. The molecule has 2 aliphatic heterocycles. The van der Waals surface area contributed by atoms with E-state index in [9.17, 15) is 14.4 Å². The third kappa shape index (κ3) is 4.11. The van der Waals surface area contributed by atoms with Gasteiger partial charge in [0.1, 0.15) is 5.75 Å². The van der Waals surface area contributed by atoms with Gasteiger partial charge < -0.3 is 14.5 Å². The van der Waals surface area contributed by atoms with Gasteiger partial charge in [0.05, 0.1) is 24.6 Å². The number of nitrogens with one attached hydrogen (secondary N) is 1. The summed E-state index contributed by atoms with van der Waals surface area (Å²) >= 11 is 0. The number of nitrogens with zero attached hydrogens (tertiary/aromatic N) is 3. The van der Waals surface area contributed by atoms with E-state index in [0.717, 1.165) is 24.5 Å². The summed E-state index contributed by atoms with van der Waals surface area (Å²) in [6.07, 6.45) is 5.05. The van der Waals surface area contributed by atoms with Gasteiger partial charge in [-0.1, -0.05) is 24.3 Å². The monoisotopic (exact) mass is 460 g/mol. The Balaban J connectivity index is 1.27. The number of hydrogen-bond acceptors (Lipinski definition) is 5. The standard InChI is InChI=1S/C26H28N4O4/c1-34-21-9-5-7-19(17-21)28-12-14-29(15-13-28)25(32)18-6-4-8-20(16-18)30-26(33)23-11-3-2-10-22(23)24(31)27-30/h2-9,16-17,22-23H,10-15H2,1H3,(H,27,31). The Hall–Kier alpha value is -3.81. The van der Waals surface area contributed by atoms with Gasteiger partial charge in [0.25, 0.3) is 5.91 Å². The predicted octanol–water partition coefficient (Wildman–Crippen LogP) is 2.62. The van der Waals surface area contributed by atoms with Crippen molar-refractivity contribution in [3.05, 3.63) is 66.2 Å². The Morgan fingerprint density at radius 2 is 1.62 bits per heavy atom. The Bertz CT molecular complexity index is 1140. The van der Waals surface area contributed by atoms with Crippen LogP contribution in [0.3, 0.4) is 0 Å². The number of carbonyl (C=O) groups excluding carboxylic acids is 3. The molecule has 8 nitrogen and oxygen atoms in total. The quantitative estimate of drug-likeness (QED) is 0.710. The molecule has 0 spiro atoms. The largest absolute Gasteiger partial charge is 0.497 e. The average Bonchev–Trinajstić information content (AvgIpc) is 2.90. The molecule has 3 amide bonds. The molecule has 3 aliphatic rings. The van der Waals surface area contributed by atoms with Gasteiger partial charge in [-0.2, -0.15) is 0 Å². The van der Waals surface area contributed by atoms with E-state index < -0.39 is 0 Å². The zero-order chi connectivity index (χ0) is 23.7. The molecule has 1 aliphatic carbocycles. The van der Waals surface area contributed by atoms with E-state index in [0.29, 0.717) is 37.2 Å². The van der Waals surface area contributed by atoms with E-state index in [1.807, 2.05) is 41.3 Å². The molecule has 0 bridgehead atoms. The Labute approximate surface area is 198 Å². The number of hydrogen-bond donors (Lipinski definition) is 1. The lowest BCUT2D eigenvalue weighted by Crippen LogP contribution is -2.59. The van der Waals surface area contributed by atoms with E-state index in [-0.39, 0.29) is 29.6 Å². The first kappa shape index (κ1) is 22.0. The maximum Gasteiger partial charge on any atom is 0.254 e. The summed E-state index contributed by atoms with van der Waals surface area (Å²) in [5.41, 5.74) is 4.81. The van der Waals surface area contributed by atoms with Crippen molar-refractivity contribution in [2.24, 2.45) is 11.8 Å². The van der Waals surface area contributed by atoms with Crippen LogP contribution < -0.4 is 20.1 Å². The smallest absolute Gasteiger partial charge is 0.254 e. The number of allylic oxidation sites excluding steroid dienone is 2. The van der Waals surface area contributed by atoms with E-state index >= 15 is 0 Å². The van der Waals surface area contributed by atoms with Crippen LogP contribution in [0, 0.1) is 11.8 Å². The number of anilines is 2. The van der Waals surface area contributed by atoms with Gasteiger partial charge in [0, 0.05) is 43.5 Å². The fourth-order valence-corrected chi connectivity index (χ4v) is 4.92. The Morgan fingerprint density at radius 3 is 2.38 bits per heavy atom. The van der Waals surface area contributed by atoms with Gasteiger partial charge in [-0.15, -0.1) is 0 Å². The van der Waals surface area contributed by atoms with E-state index in [1.54, 1.807) is 31.4 Å². The van der Waals surface area contributed by atoms with Crippen LogP contribution in [0.4, 0.5) is 11.4 Å². The highest BCUT2D eigenvalue weighted by atomic mass is 16.5. The number of ether oxygens (including phenoxy) is 1. The van der Waals surface area contributed by atoms with Crippen LogP contribution in [0.1, 0.15) is 23.2 Å². The van der Waals surface area contributed by atoms with Crippen LogP contribution in [-0.4, -0.2) is 55.9 Å². The third-order valence-electron chi connectivity index (χ3n) is 6.87. The van der Waals surface area contributed by atoms with Crippen molar-refractivity contribution in [1.29, 1.82) is 0 Å². The highest BCUT2D eigenvalue weighted by Crippen LogP contribution is 2.32. The van der Waals surface area contributed by atoms with Gasteiger partial charge in [-0.05, 0) is 43.2 Å². The van der Waals surface area contributed by atoms with Crippen molar-refractivity contribution in [2.75, 3.05) is 43.2 Å². The lowest BCUT2D eigenvalue weighted by molar-refractivity contribution is -0.139. The second-order valence-electron chi connectivity index (χ2n) is 8.84. The lowest BCUT2D eigenvalue weighted by atomic mass is 9.80. The third-order valence-corrected chi connectivity index (χ3v) is 6.87. The number of amides is 3. The van der Waals surface area contributed by atoms with Gasteiger partial charge >= 0.3 is 0 Å². The van der Waals surface area contributed by atoms with Crippen molar-refractivity contribution in [3.63, 3.8) is 0 Å². The molecular formula is C26H28N4O4. The first-order valence-electron chi connectivity index (χ1n) is 11.6. The molecule has 0 aromatic heterocycles. The summed E-state index contributed by atoms with van der Waals surface area (Å²) in [5.74, 6) is -0.240. The minimum atomic E-state index is -0.359. The fraction of sp³-hybridized carbons (Fsp3) is 0.346. The molecule has 1 N–H and O–H groups in total. The lowest BCUT2D eigenvalue weighted by Gasteiger charge is -2.38. The summed E-state index contributed by atoms with van der Waals surface area (Å²) in [7, 11) is 1.65. The number of fused-ring (bicyclic) bond motifs is 1. The van der Waals surface area contributed by atoms with Crippen LogP contribution in [0.25, 0.3) is 0 Å². The van der Waals surface area contributed by atoms with Crippen molar-refractivity contribution in [2.45, 2.75) is 12.8 Å². The molecule has 8 heteroatoms. The Morgan fingerprint density at radius 1 is 0.912 bits per heavy atom. The van der Waals surface area contributed by atoms with Crippen LogP contribution >= 0.6 is 0 Å². The van der Waals surface area contributed by atoms with Crippen molar-refractivity contribution in [3.8, 4) is 5.75 Å². The molecule has 2 saturated heterocycles. The average molecular weight is 461 g/mol. The second-order valence-corrected chi connectivity index (χ2v) is 8.84. The zero-order valence-electron chi connectivity index (χ0n) is 19.1.